The van der Waals surface area contributed by atoms with E-state index in [9.17, 15) is 0 Å². The monoisotopic (exact) mass is 370 g/mol. The van der Waals surface area contributed by atoms with Gasteiger partial charge in [-0.1, -0.05) is 39.8 Å². The summed E-state index contributed by atoms with van der Waals surface area (Å²) in [6, 6.07) is 2.16. The summed E-state index contributed by atoms with van der Waals surface area (Å²) in [5.41, 5.74) is 1.15. The fraction of sp³-hybridized carbons (Fsp3) is 0.700. The second-order valence-electron chi connectivity index (χ2n) is 9.33. The van der Waals surface area contributed by atoms with Crippen LogP contribution in [-0.2, 0) is 12.0 Å². The molecule has 4 heterocycles. The highest BCUT2D eigenvalue weighted by molar-refractivity contribution is 5.42. The van der Waals surface area contributed by atoms with Gasteiger partial charge in [0, 0.05) is 43.6 Å². The van der Waals surface area contributed by atoms with E-state index in [1.807, 2.05) is 0 Å². The molecule has 7 heteroatoms. The van der Waals surface area contributed by atoms with E-state index in [4.69, 9.17) is 4.52 Å². The Kier molecular flexibility index (Phi) is 4.66. The Bertz CT molecular complexity index is 782. The first-order chi connectivity index (χ1) is 12.8. The molecule has 0 amide bonds. The van der Waals surface area contributed by atoms with Crippen LogP contribution in [0, 0.1) is 11.8 Å². The van der Waals surface area contributed by atoms with E-state index in [1.54, 1.807) is 6.33 Å². The number of likely N-dealkylation sites (tertiary alicyclic amines) is 1. The minimum atomic E-state index is 0.0446. The van der Waals surface area contributed by atoms with Crippen molar-refractivity contribution in [2.45, 2.75) is 52.5 Å². The van der Waals surface area contributed by atoms with Crippen LogP contribution in [0.3, 0.4) is 0 Å². The lowest BCUT2D eigenvalue weighted by Gasteiger charge is -2.23. The fourth-order valence-electron chi connectivity index (χ4n) is 4.09. The van der Waals surface area contributed by atoms with E-state index < -0.39 is 0 Å². The number of anilines is 1. The van der Waals surface area contributed by atoms with Gasteiger partial charge in [-0.3, -0.25) is 4.90 Å². The summed E-state index contributed by atoms with van der Waals surface area (Å²) < 4.78 is 5.42. The Balaban J connectivity index is 1.37. The number of aromatic nitrogens is 4. The molecule has 27 heavy (non-hydrogen) atoms. The fourth-order valence-corrected chi connectivity index (χ4v) is 4.09. The molecule has 2 unspecified atom stereocenters. The molecule has 7 nitrogen and oxygen atoms in total. The maximum Gasteiger partial charge on any atom is 0.240 e. The smallest absolute Gasteiger partial charge is 0.240 e. The largest absolute Gasteiger partial charge is 0.356 e. The van der Waals surface area contributed by atoms with E-state index in [0.717, 1.165) is 56.0 Å². The standard InChI is InChI=1S/C20H30N6O/c1-13(2)19-23-18(27-24-19)11-25-7-14-9-26(10-15(14)8-25)17-6-16(20(3,4)5)21-12-22-17/h6,12-15H,7-11H2,1-5H3. The van der Waals surface area contributed by atoms with Gasteiger partial charge in [0.2, 0.25) is 5.89 Å². The normalized spacial score (nSPS) is 23.4. The maximum absolute atomic E-state index is 5.42. The minimum absolute atomic E-state index is 0.0446. The van der Waals surface area contributed by atoms with E-state index in [0.29, 0.717) is 17.8 Å². The molecule has 0 aliphatic carbocycles. The topological polar surface area (TPSA) is 71.2 Å². The van der Waals surface area contributed by atoms with Gasteiger partial charge in [0.25, 0.3) is 0 Å². The first kappa shape index (κ1) is 18.3. The van der Waals surface area contributed by atoms with Crippen molar-refractivity contribution in [1.82, 2.24) is 25.0 Å². The average Bonchev–Trinajstić information content (AvgIpc) is 3.29. The molecule has 0 N–H and O–H groups in total. The molecule has 0 radical (unpaired) electrons. The van der Waals surface area contributed by atoms with Gasteiger partial charge in [0.1, 0.15) is 12.1 Å². The Morgan fingerprint density at radius 3 is 2.41 bits per heavy atom. The first-order valence-corrected chi connectivity index (χ1v) is 9.92. The van der Waals surface area contributed by atoms with E-state index in [-0.39, 0.29) is 5.41 Å². The summed E-state index contributed by atoms with van der Waals surface area (Å²) >= 11 is 0. The molecule has 146 valence electrons. The van der Waals surface area contributed by atoms with Gasteiger partial charge in [0.05, 0.1) is 12.2 Å². The van der Waals surface area contributed by atoms with Crippen LogP contribution in [0.15, 0.2) is 16.9 Å². The molecule has 0 saturated carbocycles. The Morgan fingerprint density at radius 2 is 1.81 bits per heavy atom. The van der Waals surface area contributed by atoms with Crippen molar-refractivity contribution >= 4 is 5.82 Å². The summed E-state index contributed by atoms with van der Waals surface area (Å²) in [5, 5.41) is 4.07. The SMILES string of the molecule is CC(C)c1noc(CN2CC3CN(c4cc(C(C)(C)C)ncn4)CC3C2)n1. The molecule has 2 aliphatic rings. The lowest BCUT2D eigenvalue weighted by atomic mass is 9.92. The Labute approximate surface area is 161 Å². The number of hydrogen-bond acceptors (Lipinski definition) is 7. The predicted octanol–water partition coefficient (Wildman–Crippen LogP) is 2.85. The van der Waals surface area contributed by atoms with Crippen molar-refractivity contribution in [1.29, 1.82) is 0 Å². The van der Waals surface area contributed by atoms with Gasteiger partial charge >= 0.3 is 0 Å². The molecule has 2 aromatic heterocycles. The van der Waals surface area contributed by atoms with Crippen molar-refractivity contribution in [2.24, 2.45) is 11.8 Å². The second kappa shape index (κ2) is 6.86. The zero-order valence-corrected chi connectivity index (χ0v) is 17.0. The molecule has 4 rings (SSSR count). The van der Waals surface area contributed by atoms with Crippen molar-refractivity contribution in [3.63, 3.8) is 0 Å². The zero-order valence-electron chi connectivity index (χ0n) is 17.0. The van der Waals surface area contributed by atoms with Gasteiger partial charge < -0.3 is 9.42 Å². The highest BCUT2D eigenvalue weighted by atomic mass is 16.5. The second-order valence-corrected chi connectivity index (χ2v) is 9.33. The molecule has 0 bridgehead atoms. The van der Waals surface area contributed by atoms with Crippen LogP contribution in [0.5, 0.6) is 0 Å². The third-order valence-electron chi connectivity index (χ3n) is 5.67. The van der Waals surface area contributed by atoms with Crippen LogP contribution in [0.2, 0.25) is 0 Å². The van der Waals surface area contributed by atoms with Crippen molar-refractivity contribution in [2.75, 3.05) is 31.1 Å². The third kappa shape index (κ3) is 3.83. The van der Waals surface area contributed by atoms with Crippen LogP contribution in [0.25, 0.3) is 0 Å². The van der Waals surface area contributed by atoms with Gasteiger partial charge in [-0.2, -0.15) is 4.98 Å². The summed E-state index contributed by atoms with van der Waals surface area (Å²) in [5.74, 6) is 4.25. The number of fused-ring (bicyclic) bond motifs is 1. The minimum Gasteiger partial charge on any atom is -0.356 e. The zero-order chi connectivity index (χ0) is 19.2. The molecule has 2 aliphatic heterocycles. The molecule has 0 spiro atoms. The predicted molar refractivity (Wildman–Crippen MR) is 104 cm³/mol. The van der Waals surface area contributed by atoms with Crippen LogP contribution in [-0.4, -0.2) is 51.2 Å². The van der Waals surface area contributed by atoms with Crippen LogP contribution >= 0.6 is 0 Å². The summed E-state index contributed by atoms with van der Waals surface area (Å²) in [4.78, 5) is 18.4. The van der Waals surface area contributed by atoms with E-state index in [2.05, 4.69) is 70.6 Å². The van der Waals surface area contributed by atoms with Gasteiger partial charge in [-0.25, -0.2) is 9.97 Å². The van der Waals surface area contributed by atoms with Crippen LogP contribution in [0.4, 0.5) is 5.82 Å². The number of nitrogens with zero attached hydrogens (tertiary/aromatic N) is 6. The highest BCUT2D eigenvalue weighted by Gasteiger charge is 2.41. The van der Waals surface area contributed by atoms with Crippen molar-refractivity contribution in [3.05, 3.63) is 29.8 Å². The van der Waals surface area contributed by atoms with Gasteiger partial charge in [0.15, 0.2) is 5.82 Å². The maximum atomic E-state index is 5.42. The molecular formula is C20H30N6O. The lowest BCUT2D eigenvalue weighted by Crippen LogP contribution is -2.29. The summed E-state index contributed by atoms with van der Waals surface area (Å²) in [6.45, 7) is 15.8. The highest BCUT2D eigenvalue weighted by Crippen LogP contribution is 2.34. The third-order valence-corrected chi connectivity index (χ3v) is 5.67. The van der Waals surface area contributed by atoms with Crippen molar-refractivity contribution < 1.29 is 4.52 Å². The van der Waals surface area contributed by atoms with Crippen LogP contribution in [0.1, 0.15) is 57.9 Å². The number of rotatable bonds is 4. The lowest BCUT2D eigenvalue weighted by molar-refractivity contribution is 0.254. The first-order valence-electron chi connectivity index (χ1n) is 9.92. The van der Waals surface area contributed by atoms with Crippen molar-refractivity contribution in [3.8, 4) is 0 Å². The van der Waals surface area contributed by atoms with Gasteiger partial charge in [-0.05, 0) is 11.8 Å². The molecule has 0 aromatic carbocycles. The molecule has 2 fully saturated rings. The summed E-state index contributed by atoms with van der Waals surface area (Å²) in [7, 11) is 0. The van der Waals surface area contributed by atoms with E-state index >= 15 is 0 Å². The molecule has 2 aromatic rings. The Hall–Kier alpha value is -2.02. The molecule has 2 atom stereocenters. The average molecular weight is 371 g/mol. The van der Waals surface area contributed by atoms with Crippen LogP contribution < -0.4 is 4.90 Å². The van der Waals surface area contributed by atoms with Gasteiger partial charge in [-0.15, -0.1) is 0 Å². The molecule has 2 saturated heterocycles. The number of hydrogen-bond donors (Lipinski definition) is 0. The Morgan fingerprint density at radius 1 is 1.11 bits per heavy atom. The molecular weight excluding hydrogens is 340 g/mol. The van der Waals surface area contributed by atoms with E-state index in [1.165, 1.54) is 0 Å². The quantitative estimate of drug-likeness (QED) is 0.819. The summed E-state index contributed by atoms with van der Waals surface area (Å²) in [6.07, 6.45) is 1.71.